The molecule has 0 heterocycles. The van der Waals surface area contributed by atoms with E-state index in [9.17, 15) is 4.79 Å². The largest absolute Gasteiger partial charge is 0.478 e. The van der Waals surface area contributed by atoms with Gasteiger partial charge in [0.15, 0.2) is 0 Å². The number of hydrogen-bond donors (Lipinski definition) is 1. The van der Waals surface area contributed by atoms with Gasteiger partial charge in [0.2, 0.25) is 0 Å². The Morgan fingerprint density at radius 1 is 1.38 bits per heavy atom. The Morgan fingerprint density at radius 3 is 2.38 bits per heavy atom. The molecular weight excluding hydrogens is 166 g/mol. The summed E-state index contributed by atoms with van der Waals surface area (Å²) in [5.74, 6) is -0.785. The summed E-state index contributed by atoms with van der Waals surface area (Å²) in [6, 6.07) is 0. The van der Waals surface area contributed by atoms with Crippen molar-refractivity contribution in [3.05, 3.63) is 11.6 Å². The molecule has 76 valence electrons. The molecule has 0 aliphatic rings. The number of unbranched alkanes of at least 4 members (excludes halogenated alkanes) is 1. The summed E-state index contributed by atoms with van der Waals surface area (Å²) in [6.07, 6.45) is 4.36. The lowest BCUT2D eigenvalue weighted by atomic mass is 10.1. The molecule has 0 aliphatic carbocycles. The molecule has 0 spiro atoms. The van der Waals surface area contributed by atoms with Crippen LogP contribution in [-0.4, -0.2) is 36.6 Å². The molecule has 0 unspecified atom stereocenters. The van der Waals surface area contributed by atoms with E-state index in [-0.39, 0.29) is 0 Å². The number of rotatable bonds is 6. The quantitative estimate of drug-likeness (QED) is 0.506. The molecule has 3 nitrogen and oxygen atoms in total. The fraction of sp³-hybridized carbons (Fsp3) is 0.700. The summed E-state index contributed by atoms with van der Waals surface area (Å²) in [4.78, 5) is 12.7. The Labute approximate surface area is 80.0 Å². The molecule has 0 fully saturated rings. The second kappa shape index (κ2) is 6.66. The number of carboxylic acids is 1. The second-order valence-electron chi connectivity index (χ2n) is 3.38. The van der Waals surface area contributed by atoms with Crippen molar-refractivity contribution in [3.63, 3.8) is 0 Å². The SMILES string of the molecule is CC=C(CCCCN(C)C)C(=O)O. The summed E-state index contributed by atoms with van der Waals surface area (Å²) in [5.41, 5.74) is 0.527. The molecule has 1 N–H and O–H groups in total. The Bertz CT molecular complexity index is 185. The van der Waals surface area contributed by atoms with Gasteiger partial charge in [-0.05, 0) is 46.8 Å². The minimum absolute atomic E-state index is 0.527. The first kappa shape index (κ1) is 12.2. The monoisotopic (exact) mass is 185 g/mol. The topological polar surface area (TPSA) is 40.5 Å². The van der Waals surface area contributed by atoms with Crippen LogP contribution in [0.1, 0.15) is 26.2 Å². The van der Waals surface area contributed by atoms with Gasteiger partial charge in [-0.25, -0.2) is 4.79 Å². The van der Waals surface area contributed by atoms with Crippen LogP contribution in [0.15, 0.2) is 11.6 Å². The normalized spacial score (nSPS) is 12.2. The van der Waals surface area contributed by atoms with E-state index in [0.717, 1.165) is 19.4 Å². The fourth-order valence-corrected chi connectivity index (χ4v) is 1.12. The first-order chi connectivity index (χ1) is 6.07. The van der Waals surface area contributed by atoms with Gasteiger partial charge in [0.25, 0.3) is 0 Å². The Hall–Kier alpha value is -0.830. The molecule has 0 radical (unpaired) electrons. The summed E-state index contributed by atoms with van der Waals surface area (Å²) in [6.45, 7) is 2.80. The van der Waals surface area contributed by atoms with Crippen LogP contribution >= 0.6 is 0 Å². The zero-order chi connectivity index (χ0) is 10.3. The van der Waals surface area contributed by atoms with E-state index < -0.39 is 5.97 Å². The number of carbonyl (C=O) groups is 1. The van der Waals surface area contributed by atoms with Crippen LogP contribution in [0, 0.1) is 0 Å². The molecule has 0 atom stereocenters. The summed E-state index contributed by atoms with van der Waals surface area (Å²) in [5, 5.41) is 8.70. The van der Waals surface area contributed by atoms with E-state index in [1.54, 1.807) is 13.0 Å². The second-order valence-corrected chi connectivity index (χ2v) is 3.38. The first-order valence-corrected chi connectivity index (χ1v) is 4.61. The predicted molar refractivity (Wildman–Crippen MR) is 53.8 cm³/mol. The minimum atomic E-state index is -0.785. The van der Waals surface area contributed by atoms with Gasteiger partial charge < -0.3 is 10.0 Å². The van der Waals surface area contributed by atoms with Gasteiger partial charge in [-0.3, -0.25) is 0 Å². The van der Waals surface area contributed by atoms with E-state index in [0.29, 0.717) is 12.0 Å². The van der Waals surface area contributed by atoms with E-state index in [1.807, 2.05) is 14.1 Å². The van der Waals surface area contributed by atoms with Crippen LogP contribution < -0.4 is 0 Å². The van der Waals surface area contributed by atoms with Crippen molar-refractivity contribution in [1.82, 2.24) is 4.90 Å². The maximum atomic E-state index is 10.6. The van der Waals surface area contributed by atoms with E-state index in [2.05, 4.69) is 4.90 Å². The van der Waals surface area contributed by atoms with E-state index >= 15 is 0 Å². The van der Waals surface area contributed by atoms with Crippen LogP contribution in [0.5, 0.6) is 0 Å². The van der Waals surface area contributed by atoms with Gasteiger partial charge in [-0.2, -0.15) is 0 Å². The molecular formula is C10H19NO2. The standard InChI is InChI=1S/C10H19NO2/c1-4-9(10(12)13)7-5-6-8-11(2)3/h4H,5-8H2,1-3H3,(H,12,13). The molecule has 0 aromatic rings. The van der Waals surface area contributed by atoms with Crippen molar-refractivity contribution < 1.29 is 9.90 Å². The lowest BCUT2D eigenvalue weighted by Crippen LogP contribution is -2.13. The van der Waals surface area contributed by atoms with Gasteiger partial charge in [-0.1, -0.05) is 6.08 Å². The summed E-state index contributed by atoms with van der Waals surface area (Å²) in [7, 11) is 4.04. The zero-order valence-electron chi connectivity index (χ0n) is 8.71. The van der Waals surface area contributed by atoms with Gasteiger partial charge in [0.1, 0.15) is 0 Å². The van der Waals surface area contributed by atoms with Crippen LogP contribution in [0.25, 0.3) is 0 Å². The van der Waals surface area contributed by atoms with Crippen molar-refractivity contribution in [2.45, 2.75) is 26.2 Å². The van der Waals surface area contributed by atoms with Gasteiger partial charge >= 0.3 is 5.97 Å². The maximum absolute atomic E-state index is 10.6. The summed E-state index contributed by atoms with van der Waals surface area (Å²) >= 11 is 0. The molecule has 0 aromatic carbocycles. The molecule has 0 amide bonds. The predicted octanol–water partition coefficient (Wildman–Crippen LogP) is 1.75. The molecule has 3 heteroatoms. The van der Waals surface area contributed by atoms with Crippen molar-refractivity contribution in [3.8, 4) is 0 Å². The van der Waals surface area contributed by atoms with Gasteiger partial charge in [0.05, 0.1) is 0 Å². The lowest BCUT2D eigenvalue weighted by molar-refractivity contribution is -0.132. The van der Waals surface area contributed by atoms with Crippen LogP contribution in [0.4, 0.5) is 0 Å². The number of allylic oxidation sites excluding steroid dienone is 1. The molecule has 0 saturated heterocycles. The highest BCUT2D eigenvalue weighted by Gasteiger charge is 2.04. The van der Waals surface area contributed by atoms with Crippen molar-refractivity contribution in [2.75, 3.05) is 20.6 Å². The van der Waals surface area contributed by atoms with E-state index in [1.165, 1.54) is 0 Å². The molecule has 0 bridgehead atoms. The number of carboxylic acid groups (broad SMARTS) is 1. The van der Waals surface area contributed by atoms with Crippen molar-refractivity contribution in [2.24, 2.45) is 0 Å². The number of aliphatic carboxylic acids is 1. The summed E-state index contributed by atoms with van der Waals surface area (Å²) < 4.78 is 0. The first-order valence-electron chi connectivity index (χ1n) is 4.61. The van der Waals surface area contributed by atoms with Crippen molar-refractivity contribution >= 4 is 5.97 Å². The van der Waals surface area contributed by atoms with Gasteiger partial charge in [-0.15, -0.1) is 0 Å². The van der Waals surface area contributed by atoms with Gasteiger partial charge in [0, 0.05) is 5.57 Å². The Balaban J connectivity index is 3.57. The van der Waals surface area contributed by atoms with Crippen molar-refractivity contribution in [1.29, 1.82) is 0 Å². The highest BCUT2D eigenvalue weighted by Crippen LogP contribution is 2.07. The molecule has 0 aromatic heterocycles. The smallest absolute Gasteiger partial charge is 0.331 e. The average Bonchev–Trinajstić information content (AvgIpc) is 2.03. The lowest BCUT2D eigenvalue weighted by Gasteiger charge is -2.08. The molecule has 0 saturated carbocycles. The Kier molecular flexibility index (Phi) is 6.24. The highest BCUT2D eigenvalue weighted by molar-refractivity contribution is 5.86. The molecule has 13 heavy (non-hydrogen) atoms. The third kappa shape index (κ3) is 6.34. The Morgan fingerprint density at radius 2 is 2.00 bits per heavy atom. The molecule has 0 rings (SSSR count). The third-order valence-electron chi connectivity index (χ3n) is 1.92. The number of hydrogen-bond acceptors (Lipinski definition) is 2. The highest BCUT2D eigenvalue weighted by atomic mass is 16.4. The zero-order valence-corrected chi connectivity index (χ0v) is 8.71. The molecule has 0 aliphatic heterocycles. The average molecular weight is 185 g/mol. The van der Waals surface area contributed by atoms with Crippen LogP contribution in [-0.2, 0) is 4.79 Å². The van der Waals surface area contributed by atoms with E-state index in [4.69, 9.17) is 5.11 Å². The third-order valence-corrected chi connectivity index (χ3v) is 1.92. The van der Waals surface area contributed by atoms with Crippen LogP contribution in [0.3, 0.4) is 0 Å². The number of nitrogens with zero attached hydrogens (tertiary/aromatic N) is 1. The maximum Gasteiger partial charge on any atom is 0.331 e. The minimum Gasteiger partial charge on any atom is -0.478 e. The van der Waals surface area contributed by atoms with Crippen LogP contribution in [0.2, 0.25) is 0 Å². The fourth-order valence-electron chi connectivity index (χ4n) is 1.12.